The van der Waals surface area contributed by atoms with E-state index in [0.29, 0.717) is 12.2 Å². The number of hydrogen-bond acceptors (Lipinski definition) is 5. The third-order valence-electron chi connectivity index (χ3n) is 6.66. The largest absolute Gasteiger partial charge is 0.341 e. The van der Waals surface area contributed by atoms with Crippen LogP contribution in [-0.4, -0.2) is 66.3 Å². The van der Waals surface area contributed by atoms with Gasteiger partial charge in [-0.05, 0) is 49.6 Å². The Hall–Kier alpha value is -3.41. The van der Waals surface area contributed by atoms with Gasteiger partial charge in [0.25, 0.3) is 10.0 Å². The number of thiophene rings is 1. The van der Waals surface area contributed by atoms with Crippen molar-refractivity contribution < 1.29 is 18.0 Å². The second kappa shape index (κ2) is 10.2. The molecule has 0 saturated carbocycles. The molecule has 3 heterocycles. The van der Waals surface area contributed by atoms with E-state index in [4.69, 9.17) is 0 Å². The Morgan fingerprint density at radius 2 is 1.78 bits per heavy atom. The van der Waals surface area contributed by atoms with Gasteiger partial charge < -0.3 is 20.1 Å². The quantitative estimate of drug-likeness (QED) is 0.388. The molecule has 0 aliphatic carbocycles. The molecular weight excluding hydrogens is 510 g/mol. The molecule has 5 rings (SSSR count). The molecule has 0 radical (unpaired) electrons. The molecule has 1 atom stereocenters. The number of nitrogens with zero attached hydrogens (tertiary/aromatic N) is 3. The molecule has 37 heavy (non-hydrogen) atoms. The highest BCUT2D eigenvalue weighted by molar-refractivity contribution is 7.91. The number of nitrogens with one attached hydrogen (secondary N) is 2. The van der Waals surface area contributed by atoms with Crippen molar-refractivity contribution in [3.63, 3.8) is 0 Å². The summed E-state index contributed by atoms with van der Waals surface area (Å²) in [5.74, 6) is -0.479. The van der Waals surface area contributed by atoms with Crippen molar-refractivity contribution in [3.05, 3.63) is 60.0 Å². The van der Waals surface area contributed by atoms with Gasteiger partial charge in [-0.15, -0.1) is 11.3 Å². The summed E-state index contributed by atoms with van der Waals surface area (Å²) >= 11 is 1.11. The van der Waals surface area contributed by atoms with Gasteiger partial charge in [-0.1, -0.05) is 24.3 Å². The number of urea groups is 1. The number of benzene rings is 2. The summed E-state index contributed by atoms with van der Waals surface area (Å²) in [5.41, 5.74) is 2.74. The molecule has 3 amide bonds. The minimum absolute atomic E-state index is 0.0263. The molecule has 4 aromatic rings. The van der Waals surface area contributed by atoms with E-state index in [1.54, 1.807) is 11.4 Å². The molecule has 1 aliphatic rings. The summed E-state index contributed by atoms with van der Waals surface area (Å²) in [7, 11) is -3.90. The van der Waals surface area contributed by atoms with Crippen molar-refractivity contribution in [2.45, 2.75) is 30.6 Å². The maximum Gasteiger partial charge on any atom is 0.317 e. The smallest absolute Gasteiger partial charge is 0.317 e. The lowest BCUT2D eigenvalue weighted by Crippen LogP contribution is -2.61. The summed E-state index contributed by atoms with van der Waals surface area (Å²) < 4.78 is 30.4. The van der Waals surface area contributed by atoms with E-state index < -0.39 is 22.0 Å². The maximum absolute atomic E-state index is 13.6. The van der Waals surface area contributed by atoms with Crippen LogP contribution in [0.4, 0.5) is 10.5 Å². The summed E-state index contributed by atoms with van der Waals surface area (Å²) in [4.78, 5) is 27.6. The van der Waals surface area contributed by atoms with Gasteiger partial charge in [0.1, 0.15) is 10.3 Å². The van der Waals surface area contributed by atoms with Crippen molar-refractivity contribution in [1.29, 1.82) is 0 Å². The number of hydrogen-bond donors (Lipinski definition) is 2. The van der Waals surface area contributed by atoms with E-state index in [2.05, 4.69) is 34.3 Å². The van der Waals surface area contributed by atoms with E-state index in [0.717, 1.165) is 39.7 Å². The SMILES string of the molecule is CCNC(=O)N1CCN(S(=O)(=O)c2cccs2)C(C(=O)Nc2ccc3c(c2)c2ccccc2n3CC)C1. The number of rotatable bonds is 6. The molecule has 0 spiro atoms. The first kappa shape index (κ1) is 25.2. The molecule has 194 valence electrons. The lowest BCUT2D eigenvalue weighted by Gasteiger charge is -2.39. The first-order valence-electron chi connectivity index (χ1n) is 12.2. The second-order valence-electron chi connectivity index (χ2n) is 8.83. The van der Waals surface area contributed by atoms with Crippen LogP contribution in [0, 0.1) is 0 Å². The minimum atomic E-state index is -3.90. The van der Waals surface area contributed by atoms with Crippen LogP contribution in [0.5, 0.6) is 0 Å². The Labute approximate surface area is 219 Å². The molecule has 1 aliphatic heterocycles. The molecular formula is C26H29N5O4S2. The molecule has 1 unspecified atom stereocenters. The number of carbonyl (C=O) groups excluding carboxylic acids is 2. The van der Waals surface area contributed by atoms with E-state index >= 15 is 0 Å². The Bertz CT molecular complexity index is 1560. The predicted molar refractivity (Wildman–Crippen MR) is 146 cm³/mol. The van der Waals surface area contributed by atoms with E-state index in [9.17, 15) is 18.0 Å². The van der Waals surface area contributed by atoms with Crippen LogP contribution in [0.25, 0.3) is 21.8 Å². The number of anilines is 1. The molecule has 2 aromatic carbocycles. The van der Waals surface area contributed by atoms with Crippen molar-refractivity contribution in [1.82, 2.24) is 19.1 Å². The van der Waals surface area contributed by atoms with Gasteiger partial charge >= 0.3 is 6.03 Å². The number of sulfonamides is 1. The van der Waals surface area contributed by atoms with Crippen molar-refractivity contribution in [2.24, 2.45) is 0 Å². The van der Waals surface area contributed by atoms with Crippen LogP contribution in [-0.2, 0) is 21.4 Å². The summed E-state index contributed by atoms with van der Waals surface area (Å²) in [6, 6.07) is 15.6. The zero-order chi connectivity index (χ0) is 26.2. The van der Waals surface area contributed by atoms with Crippen LogP contribution >= 0.6 is 11.3 Å². The number of amides is 3. The molecule has 9 nitrogen and oxygen atoms in total. The van der Waals surface area contributed by atoms with Crippen molar-refractivity contribution in [2.75, 3.05) is 31.5 Å². The van der Waals surface area contributed by atoms with Gasteiger partial charge in [-0.2, -0.15) is 4.31 Å². The van der Waals surface area contributed by atoms with Crippen LogP contribution in [0.1, 0.15) is 13.8 Å². The second-order valence-corrected chi connectivity index (χ2v) is 11.9. The topological polar surface area (TPSA) is 104 Å². The average molecular weight is 540 g/mol. The fourth-order valence-corrected chi connectivity index (χ4v) is 7.63. The summed E-state index contributed by atoms with van der Waals surface area (Å²) in [5, 5.41) is 9.44. The highest BCUT2D eigenvalue weighted by Crippen LogP contribution is 2.31. The first-order valence-corrected chi connectivity index (χ1v) is 14.6. The number of fused-ring (bicyclic) bond motifs is 3. The number of aromatic nitrogens is 1. The van der Waals surface area contributed by atoms with Crippen LogP contribution in [0.2, 0.25) is 0 Å². The zero-order valence-corrected chi connectivity index (χ0v) is 22.3. The molecule has 11 heteroatoms. The Kier molecular flexibility index (Phi) is 6.93. The Morgan fingerprint density at radius 1 is 1.00 bits per heavy atom. The highest BCUT2D eigenvalue weighted by atomic mass is 32.2. The van der Waals surface area contributed by atoms with Gasteiger partial charge in [0, 0.05) is 60.2 Å². The third-order valence-corrected chi connectivity index (χ3v) is 9.94. The van der Waals surface area contributed by atoms with Crippen molar-refractivity contribution >= 4 is 60.8 Å². The highest BCUT2D eigenvalue weighted by Gasteiger charge is 2.41. The monoisotopic (exact) mass is 539 g/mol. The normalized spacial score (nSPS) is 16.8. The van der Waals surface area contributed by atoms with Crippen LogP contribution in [0.3, 0.4) is 0 Å². The average Bonchev–Trinajstić information content (AvgIpc) is 3.55. The van der Waals surface area contributed by atoms with Gasteiger partial charge in [0.15, 0.2) is 0 Å². The zero-order valence-electron chi connectivity index (χ0n) is 20.7. The maximum atomic E-state index is 13.6. The Balaban J connectivity index is 1.48. The lowest BCUT2D eigenvalue weighted by atomic mass is 10.1. The number of aryl methyl sites for hydroxylation is 1. The Morgan fingerprint density at radius 3 is 2.51 bits per heavy atom. The van der Waals surface area contributed by atoms with Gasteiger partial charge in [-0.25, -0.2) is 13.2 Å². The predicted octanol–water partition coefficient (Wildman–Crippen LogP) is 3.92. The standard InChI is InChI=1S/C26H29N5O4S2/c1-3-27-26(33)29-13-14-31(37(34,35)24-10-7-15-36-24)23(17-29)25(32)28-18-11-12-22-20(16-18)19-8-5-6-9-21(19)30(22)4-2/h5-12,15-16,23H,3-4,13-14,17H2,1-2H3,(H,27,33)(H,28,32). The van der Waals surface area contributed by atoms with Crippen LogP contribution < -0.4 is 10.6 Å². The van der Waals surface area contributed by atoms with E-state index in [-0.39, 0.29) is 29.9 Å². The number of carbonyl (C=O) groups is 2. The molecule has 1 fully saturated rings. The molecule has 0 bridgehead atoms. The van der Waals surface area contributed by atoms with Gasteiger partial charge in [0.05, 0.1) is 0 Å². The summed E-state index contributed by atoms with van der Waals surface area (Å²) in [6.07, 6.45) is 0. The third kappa shape index (κ3) is 4.58. The number of piperazine rings is 1. The fourth-order valence-electron chi connectivity index (χ4n) is 4.94. The fraction of sp³-hybridized carbons (Fsp3) is 0.308. The molecule has 1 saturated heterocycles. The van der Waals surface area contributed by atoms with E-state index in [1.807, 2.05) is 37.3 Å². The lowest BCUT2D eigenvalue weighted by molar-refractivity contribution is -0.121. The molecule has 2 aromatic heterocycles. The van der Waals surface area contributed by atoms with Gasteiger partial charge in [-0.3, -0.25) is 4.79 Å². The number of para-hydroxylation sites is 1. The van der Waals surface area contributed by atoms with Crippen LogP contribution in [0.15, 0.2) is 64.2 Å². The van der Waals surface area contributed by atoms with Crippen molar-refractivity contribution in [3.8, 4) is 0 Å². The summed E-state index contributed by atoms with van der Waals surface area (Å²) in [6.45, 7) is 5.33. The van der Waals surface area contributed by atoms with E-state index in [1.165, 1.54) is 15.3 Å². The van der Waals surface area contributed by atoms with Gasteiger partial charge in [0.2, 0.25) is 5.91 Å². The minimum Gasteiger partial charge on any atom is -0.341 e. The first-order chi connectivity index (χ1) is 17.8. The molecule has 2 N–H and O–H groups in total.